The number of carbonyl (C=O) groups is 1. The molecule has 5 heteroatoms. The van der Waals surface area contributed by atoms with Crippen LogP contribution in [-0.2, 0) is 14.3 Å². The minimum absolute atomic E-state index is 0.0145. The molecule has 0 saturated heterocycles. The maximum absolute atomic E-state index is 12.4. The highest BCUT2D eigenvalue weighted by atomic mass is 16.5. The van der Waals surface area contributed by atoms with Crippen molar-refractivity contribution in [1.29, 1.82) is 0 Å². The van der Waals surface area contributed by atoms with Crippen LogP contribution < -0.4 is 5.73 Å². The molecule has 0 aromatic heterocycles. The van der Waals surface area contributed by atoms with Crippen LogP contribution >= 0.6 is 0 Å². The SMILES string of the molecule is CCC(N)(CC)C(=O)N(CCCOC)CCOC. The Morgan fingerprint density at radius 3 is 2.11 bits per heavy atom. The number of rotatable bonds is 10. The molecule has 1 amide bonds. The summed E-state index contributed by atoms with van der Waals surface area (Å²) in [6, 6.07) is 0. The Balaban J connectivity index is 4.55. The molecule has 0 aromatic carbocycles. The predicted octanol–water partition coefficient (Wildman–Crippen LogP) is 1.02. The molecule has 18 heavy (non-hydrogen) atoms. The maximum Gasteiger partial charge on any atom is 0.242 e. The highest BCUT2D eigenvalue weighted by molar-refractivity contribution is 5.86. The Morgan fingerprint density at radius 2 is 1.67 bits per heavy atom. The zero-order chi connectivity index (χ0) is 14.0. The van der Waals surface area contributed by atoms with Crippen LogP contribution in [0, 0.1) is 0 Å². The van der Waals surface area contributed by atoms with Crippen molar-refractivity contribution in [2.45, 2.75) is 38.6 Å². The first-order chi connectivity index (χ1) is 8.55. The van der Waals surface area contributed by atoms with Crippen LogP contribution in [0.5, 0.6) is 0 Å². The lowest BCUT2D eigenvalue weighted by Crippen LogP contribution is -2.55. The van der Waals surface area contributed by atoms with Crippen molar-refractivity contribution in [3.05, 3.63) is 0 Å². The number of ether oxygens (including phenoxy) is 2. The molecule has 0 heterocycles. The molecule has 108 valence electrons. The van der Waals surface area contributed by atoms with Gasteiger partial charge in [0.1, 0.15) is 0 Å². The van der Waals surface area contributed by atoms with E-state index in [1.807, 2.05) is 13.8 Å². The average molecular weight is 260 g/mol. The number of nitrogens with two attached hydrogens (primary N) is 1. The van der Waals surface area contributed by atoms with E-state index in [-0.39, 0.29) is 5.91 Å². The number of amides is 1. The lowest BCUT2D eigenvalue weighted by atomic mass is 9.92. The van der Waals surface area contributed by atoms with E-state index in [0.29, 0.717) is 39.1 Å². The van der Waals surface area contributed by atoms with Crippen LogP contribution in [0.3, 0.4) is 0 Å². The minimum Gasteiger partial charge on any atom is -0.385 e. The van der Waals surface area contributed by atoms with Crippen LogP contribution in [0.2, 0.25) is 0 Å². The van der Waals surface area contributed by atoms with Crippen molar-refractivity contribution in [2.75, 3.05) is 40.5 Å². The van der Waals surface area contributed by atoms with Gasteiger partial charge in [-0.15, -0.1) is 0 Å². The summed E-state index contributed by atoms with van der Waals surface area (Å²) >= 11 is 0. The zero-order valence-electron chi connectivity index (χ0n) is 12.2. The zero-order valence-corrected chi connectivity index (χ0v) is 12.2. The van der Waals surface area contributed by atoms with Crippen molar-refractivity contribution >= 4 is 5.91 Å². The standard InChI is InChI=1S/C13H28N2O3/c1-5-13(14,6-2)12(16)15(9-11-18-4)8-7-10-17-3/h5-11,14H2,1-4H3. The minimum atomic E-state index is -0.749. The van der Waals surface area contributed by atoms with E-state index in [0.717, 1.165) is 6.42 Å². The normalized spacial score (nSPS) is 11.6. The van der Waals surface area contributed by atoms with Gasteiger partial charge in [-0.1, -0.05) is 13.8 Å². The summed E-state index contributed by atoms with van der Waals surface area (Å²) in [4.78, 5) is 14.2. The fourth-order valence-electron chi connectivity index (χ4n) is 1.78. The fraction of sp³-hybridized carbons (Fsp3) is 0.923. The lowest BCUT2D eigenvalue weighted by molar-refractivity contribution is -0.138. The molecule has 2 N–H and O–H groups in total. The quantitative estimate of drug-likeness (QED) is 0.596. The van der Waals surface area contributed by atoms with Crippen LogP contribution in [0.15, 0.2) is 0 Å². The summed E-state index contributed by atoms with van der Waals surface area (Å²) in [5.41, 5.74) is 5.40. The van der Waals surface area contributed by atoms with Crippen LogP contribution in [0.1, 0.15) is 33.1 Å². The van der Waals surface area contributed by atoms with Gasteiger partial charge in [0.05, 0.1) is 12.1 Å². The van der Waals surface area contributed by atoms with Crippen molar-refractivity contribution in [2.24, 2.45) is 5.73 Å². The Bertz CT molecular complexity index is 230. The van der Waals surface area contributed by atoms with Gasteiger partial charge in [0.2, 0.25) is 5.91 Å². The summed E-state index contributed by atoms with van der Waals surface area (Å²) in [5, 5.41) is 0. The summed E-state index contributed by atoms with van der Waals surface area (Å²) in [5.74, 6) is 0.0145. The molecule has 0 fully saturated rings. The Hall–Kier alpha value is -0.650. The largest absolute Gasteiger partial charge is 0.385 e. The highest BCUT2D eigenvalue weighted by Crippen LogP contribution is 2.15. The molecule has 0 aliphatic rings. The van der Waals surface area contributed by atoms with E-state index < -0.39 is 5.54 Å². The van der Waals surface area contributed by atoms with E-state index in [1.54, 1.807) is 19.1 Å². The Morgan fingerprint density at radius 1 is 1.11 bits per heavy atom. The van der Waals surface area contributed by atoms with Gasteiger partial charge >= 0.3 is 0 Å². The molecule has 0 saturated carbocycles. The summed E-state index contributed by atoms with van der Waals surface area (Å²) in [6.45, 7) is 6.32. The highest BCUT2D eigenvalue weighted by Gasteiger charge is 2.33. The van der Waals surface area contributed by atoms with E-state index >= 15 is 0 Å². The third-order valence-electron chi connectivity index (χ3n) is 3.32. The molecule has 0 aromatic rings. The summed E-state index contributed by atoms with van der Waals surface area (Å²) < 4.78 is 10.1. The van der Waals surface area contributed by atoms with Gasteiger partial charge in [-0.2, -0.15) is 0 Å². The molecular weight excluding hydrogens is 232 g/mol. The van der Waals surface area contributed by atoms with Crippen LogP contribution in [0.25, 0.3) is 0 Å². The van der Waals surface area contributed by atoms with E-state index in [9.17, 15) is 4.79 Å². The van der Waals surface area contributed by atoms with Crippen LogP contribution in [0.4, 0.5) is 0 Å². The number of hydrogen-bond acceptors (Lipinski definition) is 4. The van der Waals surface area contributed by atoms with E-state index in [1.165, 1.54) is 0 Å². The summed E-state index contributed by atoms with van der Waals surface area (Å²) in [6.07, 6.45) is 2.11. The van der Waals surface area contributed by atoms with Gasteiger partial charge in [0.15, 0.2) is 0 Å². The number of methoxy groups -OCH3 is 2. The first-order valence-electron chi connectivity index (χ1n) is 6.61. The topological polar surface area (TPSA) is 64.8 Å². The van der Waals surface area contributed by atoms with Gasteiger partial charge in [-0.3, -0.25) is 4.79 Å². The first kappa shape index (κ1) is 17.4. The average Bonchev–Trinajstić information content (AvgIpc) is 2.41. The molecule has 0 radical (unpaired) electrons. The van der Waals surface area contributed by atoms with Crippen LogP contribution in [-0.4, -0.2) is 56.9 Å². The second kappa shape index (κ2) is 9.30. The van der Waals surface area contributed by atoms with E-state index in [4.69, 9.17) is 15.2 Å². The number of hydrogen-bond donors (Lipinski definition) is 1. The molecule has 0 rings (SSSR count). The van der Waals surface area contributed by atoms with Gasteiger partial charge in [0.25, 0.3) is 0 Å². The Labute approximate surface area is 111 Å². The second-order valence-corrected chi connectivity index (χ2v) is 4.49. The van der Waals surface area contributed by atoms with Crippen molar-refractivity contribution in [3.63, 3.8) is 0 Å². The monoisotopic (exact) mass is 260 g/mol. The van der Waals surface area contributed by atoms with Gasteiger partial charge in [-0.25, -0.2) is 0 Å². The molecule has 0 bridgehead atoms. The molecule has 0 aliphatic heterocycles. The predicted molar refractivity (Wildman–Crippen MR) is 72.4 cm³/mol. The van der Waals surface area contributed by atoms with Crippen molar-refractivity contribution in [1.82, 2.24) is 4.90 Å². The molecular formula is C13H28N2O3. The second-order valence-electron chi connectivity index (χ2n) is 4.49. The third-order valence-corrected chi connectivity index (χ3v) is 3.32. The first-order valence-corrected chi connectivity index (χ1v) is 6.61. The molecule has 0 spiro atoms. The lowest BCUT2D eigenvalue weighted by Gasteiger charge is -2.33. The summed E-state index contributed by atoms with van der Waals surface area (Å²) in [7, 11) is 3.29. The Kier molecular flexibility index (Phi) is 8.97. The smallest absolute Gasteiger partial charge is 0.242 e. The van der Waals surface area contributed by atoms with Gasteiger partial charge in [-0.05, 0) is 19.3 Å². The van der Waals surface area contributed by atoms with Crippen molar-refractivity contribution < 1.29 is 14.3 Å². The maximum atomic E-state index is 12.4. The van der Waals surface area contributed by atoms with Crippen molar-refractivity contribution in [3.8, 4) is 0 Å². The van der Waals surface area contributed by atoms with E-state index in [2.05, 4.69) is 0 Å². The number of carbonyl (C=O) groups excluding carboxylic acids is 1. The van der Waals surface area contributed by atoms with Gasteiger partial charge < -0.3 is 20.1 Å². The number of nitrogens with zero attached hydrogens (tertiary/aromatic N) is 1. The third kappa shape index (κ3) is 5.33. The van der Waals surface area contributed by atoms with Gasteiger partial charge in [0, 0.05) is 33.9 Å². The molecule has 5 nitrogen and oxygen atoms in total. The molecule has 0 unspecified atom stereocenters. The molecule has 0 aliphatic carbocycles. The fourth-order valence-corrected chi connectivity index (χ4v) is 1.78. The molecule has 0 atom stereocenters.